The molecule has 1 aromatic rings. The van der Waals surface area contributed by atoms with Gasteiger partial charge in [0, 0.05) is 48.2 Å². The van der Waals surface area contributed by atoms with E-state index in [1.807, 2.05) is 6.92 Å². The highest BCUT2D eigenvalue weighted by Crippen LogP contribution is 2.11. The van der Waals surface area contributed by atoms with Crippen LogP contribution in [0.2, 0.25) is 0 Å². The lowest BCUT2D eigenvalue weighted by Gasteiger charge is -2.08. The number of hydrogen-bond donors (Lipinski definition) is 2. The molecule has 2 N–H and O–H groups in total. The molecule has 0 aliphatic carbocycles. The van der Waals surface area contributed by atoms with Gasteiger partial charge in [-0.15, -0.1) is 0 Å². The molecule has 6 heteroatoms. The van der Waals surface area contributed by atoms with Gasteiger partial charge >= 0.3 is 0 Å². The van der Waals surface area contributed by atoms with Gasteiger partial charge < -0.3 is 10.6 Å². The SMILES string of the molecule is CNc1ncc(C)c(NCCS(C)=O)n1. The molecule has 5 nitrogen and oxygen atoms in total. The lowest BCUT2D eigenvalue weighted by molar-refractivity contribution is 0.687. The van der Waals surface area contributed by atoms with Gasteiger partial charge in [0.25, 0.3) is 0 Å². The molecule has 1 heterocycles. The third-order valence-corrected chi connectivity index (χ3v) is 2.66. The van der Waals surface area contributed by atoms with Crippen LogP contribution in [0.25, 0.3) is 0 Å². The third kappa shape index (κ3) is 3.83. The molecule has 0 radical (unpaired) electrons. The highest BCUT2D eigenvalue weighted by Gasteiger charge is 2.02. The molecule has 1 aromatic heterocycles. The molecular formula is C9H16N4OS. The standard InChI is InChI=1S/C9H16N4OS/c1-7-6-12-9(10-2)13-8(7)11-4-5-15(3)14/h6H,4-5H2,1-3H3,(H2,10,11,12,13). The number of anilines is 2. The normalized spacial score (nSPS) is 12.2. The fourth-order valence-corrected chi connectivity index (χ4v) is 1.44. The first-order chi connectivity index (χ1) is 7.13. The molecule has 0 saturated heterocycles. The van der Waals surface area contributed by atoms with Crippen molar-refractivity contribution in [2.75, 3.05) is 36.2 Å². The topological polar surface area (TPSA) is 66.9 Å². The van der Waals surface area contributed by atoms with E-state index < -0.39 is 10.8 Å². The van der Waals surface area contributed by atoms with Crippen LogP contribution in [-0.2, 0) is 10.8 Å². The van der Waals surface area contributed by atoms with Crippen LogP contribution in [0.3, 0.4) is 0 Å². The fraction of sp³-hybridized carbons (Fsp3) is 0.556. The minimum Gasteiger partial charge on any atom is -0.369 e. The van der Waals surface area contributed by atoms with E-state index in [0.717, 1.165) is 11.4 Å². The zero-order chi connectivity index (χ0) is 11.3. The van der Waals surface area contributed by atoms with Crippen molar-refractivity contribution < 1.29 is 4.21 Å². The number of nitrogens with zero attached hydrogens (tertiary/aromatic N) is 2. The van der Waals surface area contributed by atoms with Crippen molar-refractivity contribution in [3.63, 3.8) is 0 Å². The van der Waals surface area contributed by atoms with E-state index in [4.69, 9.17) is 0 Å². The molecule has 0 aromatic carbocycles. The molecule has 84 valence electrons. The van der Waals surface area contributed by atoms with Gasteiger partial charge in [-0.05, 0) is 6.92 Å². The second-order valence-corrected chi connectivity index (χ2v) is 4.73. The fourth-order valence-electron chi connectivity index (χ4n) is 1.05. The third-order valence-electron chi connectivity index (χ3n) is 1.88. The Bertz CT molecular complexity index is 356. The quantitative estimate of drug-likeness (QED) is 0.773. The molecule has 0 saturated carbocycles. The summed E-state index contributed by atoms with van der Waals surface area (Å²) in [6.45, 7) is 2.59. The van der Waals surface area contributed by atoms with E-state index in [9.17, 15) is 4.21 Å². The maximum Gasteiger partial charge on any atom is 0.224 e. The van der Waals surface area contributed by atoms with Crippen molar-refractivity contribution >= 4 is 22.6 Å². The van der Waals surface area contributed by atoms with Gasteiger partial charge in [-0.3, -0.25) is 4.21 Å². The van der Waals surface area contributed by atoms with Crippen molar-refractivity contribution in [1.82, 2.24) is 9.97 Å². The second-order valence-electron chi connectivity index (χ2n) is 3.18. The summed E-state index contributed by atoms with van der Waals surface area (Å²) < 4.78 is 10.9. The van der Waals surface area contributed by atoms with Crippen LogP contribution >= 0.6 is 0 Å². The minimum absolute atomic E-state index is 0.584. The molecule has 1 unspecified atom stereocenters. The highest BCUT2D eigenvalue weighted by molar-refractivity contribution is 7.84. The van der Waals surface area contributed by atoms with Crippen molar-refractivity contribution in [1.29, 1.82) is 0 Å². The molecule has 0 aliphatic rings. The zero-order valence-electron chi connectivity index (χ0n) is 9.20. The lowest BCUT2D eigenvalue weighted by atomic mass is 10.3. The molecule has 0 amide bonds. The molecule has 0 aliphatic heterocycles. The summed E-state index contributed by atoms with van der Waals surface area (Å²) >= 11 is 0. The Hall–Kier alpha value is -1.17. The molecule has 0 bridgehead atoms. The second kappa shape index (κ2) is 5.65. The van der Waals surface area contributed by atoms with Crippen molar-refractivity contribution in [2.24, 2.45) is 0 Å². The van der Waals surface area contributed by atoms with E-state index in [1.165, 1.54) is 0 Å². The maximum absolute atomic E-state index is 10.9. The maximum atomic E-state index is 10.9. The average molecular weight is 228 g/mol. The molecule has 0 fully saturated rings. The van der Waals surface area contributed by atoms with Crippen LogP contribution in [-0.4, -0.2) is 39.8 Å². The van der Waals surface area contributed by atoms with Gasteiger partial charge in [0.15, 0.2) is 0 Å². The summed E-state index contributed by atoms with van der Waals surface area (Å²) in [5.41, 5.74) is 0.982. The Morgan fingerprint density at radius 3 is 2.87 bits per heavy atom. The molecule has 1 rings (SSSR count). The summed E-state index contributed by atoms with van der Waals surface area (Å²) in [4.78, 5) is 8.33. The average Bonchev–Trinajstić information content (AvgIpc) is 2.20. The van der Waals surface area contributed by atoms with Gasteiger partial charge in [0.1, 0.15) is 5.82 Å². The Morgan fingerprint density at radius 2 is 2.27 bits per heavy atom. The summed E-state index contributed by atoms with van der Waals surface area (Å²) in [6, 6.07) is 0. The summed E-state index contributed by atoms with van der Waals surface area (Å²) in [5.74, 6) is 2.00. The number of aryl methyl sites for hydroxylation is 1. The van der Waals surface area contributed by atoms with Gasteiger partial charge in [0.05, 0.1) is 0 Å². The van der Waals surface area contributed by atoms with Crippen LogP contribution in [0.5, 0.6) is 0 Å². The van der Waals surface area contributed by atoms with Gasteiger partial charge in [-0.25, -0.2) is 4.98 Å². The highest BCUT2D eigenvalue weighted by atomic mass is 32.2. The molecular weight excluding hydrogens is 212 g/mol. The Balaban J connectivity index is 2.62. The largest absolute Gasteiger partial charge is 0.369 e. The number of hydrogen-bond acceptors (Lipinski definition) is 5. The summed E-state index contributed by atoms with van der Waals surface area (Å²) in [7, 11) is 0.999. The van der Waals surface area contributed by atoms with Crippen LogP contribution in [0.15, 0.2) is 6.20 Å². The van der Waals surface area contributed by atoms with Crippen molar-refractivity contribution in [3.8, 4) is 0 Å². The summed E-state index contributed by atoms with van der Waals surface area (Å²) in [5, 5.41) is 6.01. The first kappa shape index (κ1) is 11.9. The Kier molecular flexibility index (Phi) is 4.48. The predicted molar refractivity (Wildman–Crippen MR) is 63.7 cm³/mol. The van der Waals surface area contributed by atoms with Crippen molar-refractivity contribution in [3.05, 3.63) is 11.8 Å². The van der Waals surface area contributed by atoms with Crippen LogP contribution < -0.4 is 10.6 Å². The lowest BCUT2D eigenvalue weighted by Crippen LogP contribution is -2.12. The molecule has 0 spiro atoms. The summed E-state index contributed by atoms with van der Waals surface area (Å²) in [6.07, 6.45) is 3.44. The Labute approximate surface area is 92.2 Å². The first-order valence-corrected chi connectivity index (χ1v) is 6.41. The smallest absolute Gasteiger partial charge is 0.224 e. The number of rotatable bonds is 5. The minimum atomic E-state index is -0.775. The van der Waals surface area contributed by atoms with E-state index in [0.29, 0.717) is 18.2 Å². The van der Waals surface area contributed by atoms with Crippen molar-refractivity contribution in [2.45, 2.75) is 6.92 Å². The van der Waals surface area contributed by atoms with Crippen LogP contribution in [0, 0.1) is 6.92 Å². The monoisotopic (exact) mass is 228 g/mol. The van der Waals surface area contributed by atoms with Crippen LogP contribution in [0.4, 0.5) is 11.8 Å². The first-order valence-electron chi connectivity index (χ1n) is 4.68. The van der Waals surface area contributed by atoms with E-state index in [-0.39, 0.29) is 0 Å². The molecule has 1 atom stereocenters. The predicted octanol–water partition coefficient (Wildman–Crippen LogP) is 0.617. The Morgan fingerprint density at radius 1 is 1.53 bits per heavy atom. The number of nitrogens with one attached hydrogen (secondary N) is 2. The zero-order valence-corrected chi connectivity index (χ0v) is 10.0. The van der Waals surface area contributed by atoms with E-state index in [1.54, 1.807) is 19.5 Å². The molecule has 15 heavy (non-hydrogen) atoms. The number of aromatic nitrogens is 2. The van der Waals surface area contributed by atoms with Gasteiger partial charge in [0.2, 0.25) is 5.95 Å². The van der Waals surface area contributed by atoms with E-state index >= 15 is 0 Å². The van der Waals surface area contributed by atoms with Gasteiger partial charge in [-0.1, -0.05) is 0 Å². The van der Waals surface area contributed by atoms with E-state index in [2.05, 4.69) is 20.6 Å². The van der Waals surface area contributed by atoms with Crippen LogP contribution in [0.1, 0.15) is 5.56 Å². The van der Waals surface area contributed by atoms with Gasteiger partial charge in [-0.2, -0.15) is 4.98 Å².